The zero-order chi connectivity index (χ0) is 11.5. The number of methoxy groups -OCH3 is 2. The minimum atomic E-state index is 0.350. The van der Waals surface area contributed by atoms with Crippen molar-refractivity contribution in [3.63, 3.8) is 0 Å². The van der Waals surface area contributed by atoms with Crippen LogP contribution in [-0.4, -0.2) is 24.2 Å². The Morgan fingerprint density at radius 1 is 1.12 bits per heavy atom. The van der Waals surface area contributed by atoms with Crippen molar-refractivity contribution in [2.24, 2.45) is 5.84 Å². The Hall–Kier alpha value is -2.08. The van der Waals surface area contributed by atoms with E-state index in [-0.39, 0.29) is 0 Å². The van der Waals surface area contributed by atoms with Gasteiger partial charge in [0.1, 0.15) is 5.75 Å². The van der Waals surface area contributed by atoms with Gasteiger partial charge in [-0.25, -0.2) is 15.8 Å². The lowest BCUT2D eigenvalue weighted by atomic mass is 10.3. The summed E-state index contributed by atoms with van der Waals surface area (Å²) < 4.78 is 10.2. The zero-order valence-corrected chi connectivity index (χ0v) is 9.02. The highest BCUT2D eigenvalue weighted by Crippen LogP contribution is 2.24. The van der Waals surface area contributed by atoms with E-state index in [1.54, 1.807) is 19.2 Å². The van der Waals surface area contributed by atoms with Crippen molar-refractivity contribution in [1.29, 1.82) is 0 Å². The van der Waals surface area contributed by atoms with Crippen LogP contribution in [0.4, 0.5) is 5.82 Å². The molecular weight excluding hydrogens is 208 g/mol. The number of nitrogens with zero attached hydrogens (tertiary/aromatic N) is 2. The summed E-state index contributed by atoms with van der Waals surface area (Å²) in [6.07, 6.45) is 0. The highest BCUT2D eigenvalue weighted by molar-refractivity contribution is 5.78. The summed E-state index contributed by atoms with van der Waals surface area (Å²) in [5.74, 6) is 6.79. The van der Waals surface area contributed by atoms with Crippen molar-refractivity contribution < 1.29 is 9.47 Å². The molecule has 1 aromatic heterocycles. The van der Waals surface area contributed by atoms with Gasteiger partial charge in [0.15, 0.2) is 0 Å². The van der Waals surface area contributed by atoms with Crippen LogP contribution in [0.1, 0.15) is 0 Å². The minimum Gasteiger partial charge on any atom is -0.497 e. The predicted octanol–water partition coefficient (Wildman–Crippen LogP) is 0.933. The molecule has 0 bridgehead atoms. The fourth-order valence-corrected chi connectivity index (χ4v) is 1.38. The van der Waals surface area contributed by atoms with Crippen LogP contribution < -0.4 is 20.7 Å². The van der Waals surface area contributed by atoms with Gasteiger partial charge in [0.25, 0.3) is 5.88 Å². The Bertz CT molecular complexity index is 515. The summed E-state index contributed by atoms with van der Waals surface area (Å²) in [6, 6.07) is 5.40. The van der Waals surface area contributed by atoms with Crippen molar-refractivity contribution in [2.75, 3.05) is 19.6 Å². The van der Waals surface area contributed by atoms with E-state index < -0.39 is 0 Å². The Morgan fingerprint density at radius 3 is 2.56 bits per heavy atom. The van der Waals surface area contributed by atoms with Crippen LogP contribution in [0.25, 0.3) is 11.0 Å². The Balaban J connectivity index is 2.63. The maximum Gasteiger partial charge on any atom is 0.259 e. The first-order valence-corrected chi connectivity index (χ1v) is 4.65. The molecule has 0 fully saturated rings. The van der Waals surface area contributed by atoms with E-state index in [4.69, 9.17) is 15.3 Å². The molecule has 1 heterocycles. The number of aromatic nitrogens is 2. The van der Waals surface area contributed by atoms with Crippen molar-refractivity contribution in [3.8, 4) is 11.6 Å². The van der Waals surface area contributed by atoms with E-state index >= 15 is 0 Å². The Morgan fingerprint density at radius 2 is 1.94 bits per heavy atom. The maximum atomic E-state index is 5.32. The lowest BCUT2D eigenvalue weighted by Gasteiger charge is -2.07. The summed E-state index contributed by atoms with van der Waals surface area (Å²) in [5, 5.41) is 0. The van der Waals surface area contributed by atoms with Gasteiger partial charge in [0.2, 0.25) is 5.82 Å². The number of nitrogens with two attached hydrogens (primary N) is 1. The number of hydrazine groups is 1. The van der Waals surface area contributed by atoms with E-state index in [1.807, 2.05) is 6.07 Å². The van der Waals surface area contributed by atoms with Crippen LogP contribution in [0.2, 0.25) is 0 Å². The summed E-state index contributed by atoms with van der Waals surface area (Å²) in [7, 11) is 3.11. The second-order valence-corrected chi connectivity index (χ2v) is 3.08. The molecule has 1 aromatic carbocycles. The average molecular weight is 220 g/mol. The molecule has 2 aromatic rings. The van der Waals surface area contributed by atoms with Crippen molar-refractivity contribution in [2.45, 2.75) is 0 Å². The molecule has 0 saturated heterocycles. The quantitative estimate of drug-likeness (QED) is 0.591. The summed E-state index contributed by atoms with van der Waals surface area (Å²) in [5.41, 5.74) is 3.84. The number of benzene rings is 1. The number of fused-ring (bicyclic) bond motifs is 1. The second kappa shape index (κ2) is 4.19. The van der Waals surface area contributed by atoms with Gasteiger partial charge >= 0.3 is 0 Å². The van der Waals surface area contributed by atoms with Crippen molar-refractivity contribution >= 4 is 16.9 Å². The van der Waals surface area contributed by atoms with Crippen LogP contribution in [0.3, 0.4) is 0 Å². The molecule has 0 aliphatic rings. The maximum absolute atomic E-state index is 5.32. The number of nitrogen functional groups attached to an aromatic ring is 1. The van der Waals surface area contributed by atoms with Crippen LogP contribution in [-0.2, 0) is 0 Å². The third-order valence-electron chi connectivity index (χ3n) is 2.17. The van der Waals surface area contributed by atoms with E-state index in [1.165, 1.54) is 7.11 Å². The number of rotatable bonds is 3. The van der Waals surface area contributed by atoms with Crippen molar-refractivity contribution in [1.82, 2.24) is 9.97 Å². The third-order valence-corrected chi connectivity index (χ3v) is 2.17. The molecule has 3 N–H and O–H groups in total. The lowest BCUT2D eigenvalue weighted by molar-refractivity contribution is 0.399. The first-order chi connectivity index (χ1) is 7.78. The van der Waals surface area contributed by atoms with Gasteiger partial charge in [0, 0.05) is 6.07 Å². The fourth-order valence-electron chi connectivity index (χ4n) is 1.38. The largest absolute Gasteiger partial charge is 0.497 e. The lowest BCUT2D eigenvalue weighted by Crippen LogP contribution is -2.11. The molecule has 84 valence electrons. The highest BCUT2D eigenvalue weighted by atomic mass is 16.5. The van der Waals surface area contributed by atoms with Crippen LogP contribution in [0.15, 0.2) is 18.2 Å². The summed E-state index contributed by atoms with van der Waals surface area (Å²) in [4.78, 5) is 8.53. The molecule has 0 radical (unpaired) electrons. The first kappa shape index (κ1) is 10.4. The van der Waals surface area contributed by atoms with Crippen LogP contribution >= 0.6 is 0 Å². The third kappa shape index (κ3) is 1.70. The molecule has 6 nitrogen and oxygen atoms in total. The zero-order valence-electron chi connectivity index (χ0n) is 9.02. The minimum absolute atomic E-state index is 0.350. The number of hydrogen-bond donors (Lipinski definition) is 2. The van der Waals surface area contributed by atoms with E-state index in [0.29, 0.717) is 17.2 Å². The number of nitrogens with one attached hydrogen (secondary N) is 1. The van der Waals surface area contributed by atoms with Crippen LogP contribution in [0.5, 0.6) is 11.6 Å². The molecule has 0 saturated carbocycles. The Labute approximate surface area is 92.4 Å². The Kier molecular flexibility index (Phi) is 2.74. The molecule has 6 heteroatoms. The van der Waals surface area contributed by atoms with Gasteiger partial charge in [-0.2, -0.15) is 0 Å². The topological polar surface area (TPSA) is 82.3 Å². The average Bonchev–Trinajstić information content (AvgIpc) is 2.36. The number of ether oxygens (including phenoxy) is 2. The van der Waals surface area contributed by atoms with E-state index in [0.717, 1.165) is 11.3 Å². The van der Waals surface area contributed by atoms with Gasteiger partial charge in [-0.15, -0.1) is 0 Å². The predicted molar refractivity (Wildman–Crippen MR) is 60.5 cm³/mol. The number of anilines is 1. The first-order valence-electron chi connectivity index (χ1n) is 4.65. The van der Waals surface area contributed by atoms with Gasteiger partial charge in [-0.05, 0) is 12.1 Å². The second-order valence-electron chi connectivity index (χ2n) is 3.08. The van der Waals surface area contributed by atoms with E-state index in [2.05, 4.69) is 15.4 Å². The number of hydrogen-bond acceptors (Lipinski definition) is 6. The van der Waals surface area contributed by atoms with E-state index in [9.17, 15) is 0 Å². The van der Waals surface area contributed by atoms with Crippen LogP contribution in [0, 0.1) is 0 Å². The molecule has 0 amide bonds. The molecule has 0 atom stereocenters. The molecule has 0 spiro atoms. The standard InChI is InChI=1S/C10H12N4O2/c1-15-6-3-4-7-8(5-6)13-10(16-2)9(12-7)14-11/h3-5H,11H2,1-2H3,(H,12,14). The van der Waals surface area contributed by atoms with Gasteiger partial charge in [-0.3, -0.25) is 0 Å². The smallest absolute Gasteiger partial charge is 0.259 e. The van der Waals surface area contributed by atoms with Gasteiger partial charge in [-0.1, -0.05) is 0 Å². The molecule has 2 rings (SSSR count). The molecule has 0 aliphatic heterocycles. The van der Waals surface area contributed by atoms with Gasteiger partial charge in [0.05, 0.1) is 25.3 Å². The van der Waals surface area contributed by atoms with Gasteiger partial charge < -0.3 is 14.9 Å². The molecule has 0 aliphatic carbocycles. The van der Waals surface area contributed by atoms with Crippen molar-refractivity contribution in [3.05, 3.63) is 18.2 Å². The fraction of sp³-hybridized carbons (Fsp3) is 0.200. The molecule has 0 unspecified atom stereocenters. The molecular formula is C10H12N4O2. The normalized spacial score (nSPS) is 10.2. The molecule has 16 heavy (non-hydrogen) atoms. The SMILES string of the molecule is COc1ccc2nc(NN)c(OC)nc2c1. The summed E-state index contributed by atoms with van der Waals surface area (Å²) in [6.45, 7) is 0. The highest BCUT2D eigenvalue weighted by Gasteiger charge is 2.08. The summed E-state index contributed by atoms with van der Waals surface area (Å²) >= 11 is 0. The monoisotopic (exact) mass is 220 g/mol.